The molecule has 0 aliphatic heterocycles. The van der Waals surface area contributed by atoms with Gasteiger partial charge >= 0.3 is 0 Å². The van der Waals surface area contributed by atoms with E-state index >= 15 is 0 Å². The van der Waals surface area contributed by atoms with Gasteiger partial charge in [0.15, 0.2) is 5.96 Å². The minimum Gasteiger partial charge on any atom is -0.357 e. The van der Waals surface area contributed by atoms with Gasteiger partial charge in [0, 0.05) is 25.2 Å². The summed E-state index contributed by atoms with van der Waals surface area (Å²) < 4.78 is 2.09. The highest BCUT2D eigenvalue weighted by Gasteiger charge is 2.07. The molecule has 0 saturated heterocycles. The number of aliphatic imine (C=N–C) groups is 1. The number of aryl methyl sites for hydroxylation is 1. The first-order chi connectivity index (χ1) is 12.7. The van der Waals surface area contributed by atoms with Crippen molar-refractivity contribution in [1.82, 2.24) is 20.2 Å². The van der Waals surface area contributed by atoms with Crippen LogP contribution >= 0.6 is 35.6 Å². The molecule has 27 heavy (non-hydrogen) atoms. The Hall–Kier alpha value is -1.80. The van der Waals surface area contributed by atoms with Crippen LogP contribution in [-0.4, -0.2) is 28.6 Å². The number of benzene rings is 2. The minimum atomic E-state index is 0. The number of imidazole rings is 1. The third-order valence-corrected chi connectivity index (χ3v) is 4.43. The van der Waals surface area contributed by atoms with E-state index in [-0.39, 0.29) is 24.0 Å². The van der Waals surface area contributed by atoms with Gasteiger partial charge < -0.3 is 15.2 Å². The zero-order valence-corrected chi connectivity index (χ0v) is 18.7. The summed E-state index contributed by atoms with van der Waals surface area (Å²) in [5, 5.41) is 7.42. The van der Waals surface area contributed by atoms with Crippen molar-refractivity contribution in [2.45, 2.75) is 19.9 Å². The standard InChI is InChI=1S/C20H24ClN5.HI/c1-3-22-20(23-12-11-15-7-6-8-16(21)13-15)24-14-19-25-17-9-4-5-10-18(17)26(19)2;/h4-10,13H,3,11-12,14H2,1-2H3,(H2,22,23,24);1H. The van der Waals surface area contributed by atoms with Crippen LogP contribution in [0.1, 0.15) is 18.3 Å². The number of rotatable bonds is 6. The maximum atomic E-state index is 6.04. The quantitative estimate of drug-likeness (QED) is 0.306. The summed E-state index contributed by atoms with van der Waals surface area (Å²) in [4.78, 5) is 9.34. The van der Waals surface area contributed by atoms with Gasteiger partial charge in [-0.05, 0) is 43.2 Å². The van der Waals surface area contributed by atoms with E-state index < -0.39 is 0 Å². The predicted octanol–water partition coefficient (Wildman–Crippen LogP) is 4.14. The van der Waals surface area contributed by atoms with Gasteiger partial charge in [0.2, 0.25) is 0 Å². The Morgan fingerprint density at radius 3 is 2.70 bits per heavy atom. The van der Waals surface area contributed by atoms with Gasteiger partial charge in [-0.25, -0.2) is 9.98 Å². The van der Waals surface area contributed by atoms with Crippen LogP contribution in [0, 0.1) is 0 Å². The van der Waals surface area contributed by atoms with E-state index in [4.69, 9.17) is 11.6 Å². The number of halogens is 2. The van der Waals surface area contributed by atoms with Crippen molar-refractivity contribution in [2.75, 3.05) is 13.1 Å². The van der Waals surface area contributed by atoms with Crippen molar-refractivity contribution < 1.29 is 0 Å². The van der Waals surface area contributed by atoms with Gasteiger partial charge in [0.05, 0.1) is 11.0 Å². The molecule has 1 heterocycles. The lowest BCUT2D eigenvalue weighted by Gasteiger charge is -2.11. The highest BCUT2D eigenvalue weighted by molar-refractivity contribution is 14.0. The van der Waals surface area contributed by atoms with E-state index in [2.05, 4.69) is 44.2 Å². The van der Waals surface area contributed by atoms with E-state index in [1.54, 1.807) is 0 Å². The Labute approximate surface area is 182 Å². The number of para-hydroxylation sites is 2. The molecule has 5 nitrogen and oxygen atoms in total. The fraction of sp³-hybridized carbons (Fsp3) is 0.300. The van der Waals surface area contributed by atoms with Gasteiger partial charge in [-0.2, -0.15) is 0 Å². The lowest BCUT2D eigenvalue weighted by molar-refractivity contribution is 0.772. The van der Waals surface area contributed by atoms with Crippen molar-refractivity contribution >= 4 is 52.6 Å². The second-order valence-corrected chi connectivity index (χ2v) is 6.51. The van der Waals surface area contributed by atoms with Crippen LogP contribution in [0.4, 0.5) is 0 Å². The first kappa shape index (κ1) is 21.5. The molecular formula is C20H25ClIN5. The third kappa shape index (κ3) is 5.84. The highest BCUT2D eigenvalue weighted by atomic mass is 127. The van der Waals surface area contributed by atoms with E-state index in [1.807, 2.05) is 43.4 Å². The van der Waals surface area contributed by atoms with Gasteiger partial charge in [-0.15, -0.1) is 24.0 Å². The minimum absolute atomic E-state index is 0. The largest absolute Gasteiger partial charge is 0.357 e. The predicted molar refractivity (Wildman–Crippen MR) is 124 cm³/mol. The van der Waals surface area contributed by atoms with Crippen LogP contribution in [0.5, 0.6) is 0 Å². The summed E-state index contributed by atoms with van der Waals surface area (Å²) in [5.41, 5.74) is 3.33. The summed E-state index contributed by atoms with van der Waals surface area (Å²) in [6, 6.07) is 16.1. The van der Waals surface area contributed by atoms with E-state index in [1.165, 1.54) is 5.56 Å². The van der Waals surface area contributed by atoms with Crippen molar-refractivity contribution in [3.63, 3.8) is 0 Å². The molecular weight excluding hydrogens is 473 g/mol. The van der Waals surface area contributed by atoms with Crippen LogP contribution in [0.2, 0.25) is 5.02 Å². The number of guanidine groups is 1. The number of nitrogens with one attached hydrogen (secondary N) is 2. The highest BCUT2D eigenvalue weighted by Crippen LogP contribution is 2.14. The molecule has 0 amide bonds. The fourth-order valence-electron chi connectivity index (χ4n) is 2.85. The first-order valence-electron chi connectivity index (χ1n) is 8.84. The zero-order valence-electron chi connectivity index (χ0n) is 15.6. The van der Waals surface area contributed by atoms with Gasteiger partial charge in [-0.1, -0.05) is 35.9 Å². The maximum Gasteiger partial charge on any atom is 0.191 e. The molecule has 0 bridgehead atoms. The summed E-state index contributed by atoms with van der Waals surface area (Å²) in [7, 11) is 2.03. The second kappa shape index (κ2) is 10.5. The number of hydrogen-bond acceptors (Lipinski definition) is 2. The molecule has 0 fully saturated rings. The number of hydrogen-bond donors (Lipinski definition) is 2. The smallest absolute Gasteiger partial charge is 0.191 e. The summed E-state index contributed by atoms with van der Waals surface area (Å²) >= 11 is 6.04. The number of fused-ring (bicyclic) bond motifs is 1. The number of nitrogens with zero attached hydrogens (tertiary/aromatic N) is 3. The molecule has 0 aliphatic carbocycles. The molecule has 0 atom stereocenters. The van der Waals surface area contributed by atoms with Crippen molar-refractivity contribution in [3.8, 4) is 0 Å². The molecule has 144 valence electrons. The van der Waals surface area contributed by atoms with E-state index in [9.17, 15) is 0 Å². The molecule has 0 saturated carbocycles. The van der Waals surface area contributed by atoms with Crippen molar-refractivity contribution in [1.29, 1.82) is 0 Å². The molecule has 2 aromatic carbocycles. The topological polar surface area (TPSA) is 54.2 Å². The van der Waals surface area contributed by atoms with Gasteiger partial charge in [0.25, 0.3) is 0 Å². The first-order valence-corrected chi connectivity index (χ1v) is 9.22. The molecule has 0 spiro atoms. The van der Waals surface area contributed by atoms with Crippen LogP contribution in [0.25, 0.3) is 11.0 Å². The second-order valence-electron chi connectivity index (χ2n) is 6.08. The molecule has 0 unspecified atom stereocenters. The normalized spacial score (nSPS) is 11.3. The Kier molecular flexibility index (Phi) is 8.37. The maximum absolute atomic E-state index is 6.04. The van der Waals surface area contributed by atoms with Crippen molar-refractivity contribution in [3.05, 3.63) is 64.9 Å². The monoisotopic (exact) mass is 497 g/mol. The van der Waals surface area contributed by atoms with Crippen LogP contribution in [0.3, 0.4) is 0 Å². The SMILES string of the molecule is CCNC(=NCc1nc2ccccc2n1C)NCCc1cccc(Cl)c1.I. The Balaban J connectivity index is 0.00000261. The Morgan fingerprint density at radius 1 is 1.15 bits per heavy atom. The lowest BCUT2D eigenvalue weighted by Crippen LogP contribution is -2.38. The molecule has 0 radical (unpaired) electrons. The number of aromatic nitrogens is 2. The molecule has 7 heteroatoms. The molecule has 1 aromatic heterocycles. The van der Waals surface area contributed by atoms with Gasteiger partial charge in [-0.3, -0.25) is 0 Å². The zero-order chi connectivity index (χ0) is 18.4. The summed E-state index contributed by atoms with van der Waals surface area (Å²) in [6.45, 7) is 4.18. The average Bonchev–Trinajstić information content (AvgIpc) is 2.96. The summed E-state index contributed by atoms with van der Waals surface area (Å²) in [5.74, 6) is 1.74. The van der Waals surface area contributed by atoms with Crippen LogP contribution in [-0.2, 0) is 20.0 Å². The van der Waals surface area contributed by atoms with E-state index in [0.717, 1.165) is 47.4 Å². The molecule has 2 N–H and O–H groups in total. The van der Waals surface area contributed by atoms with Crippen LogP contribution < -0.4 is 10.6 Å². The Morgan fingerprint density at radius 2 is 1.96 bits per heavy atom. The third-order valence-electron chi connectivity index (χ3n) is 4.20. The lowest BCUT2D eigenvalue weighted by atomic mass is 10.1. The summed E-state index contributed by atoms with van der Waals surface area (Å²) in [6.07, 6.45) is 0.886. The molecule has 0 aliphatic rings. The molecule has 3 rings (SSSR count). The fourth-order valence-corrected chi connectivity index (χ4v) is 3.06. The van der Waals surface area contributed by atoms with E-state index in [0.29, 0.717) is 6.54 Å². The molecule has 3 aromatic rings. The van der Waals surface area contributed by atoms with Crippen molar-refractivity contribution in [2.24, 2.45) is 12.0 Å². The van der Waals surface area contributed by atoms with Gasteiger partial charge in [0.1, 0.15) is 12.4 Å². The Bertz CT molecular complexity index is 906. The average molecular weight is 498 g/mol. The van der Waals surface area contributed by atoms with Crippen LogP contribution in [0.15, 0.2) is 53.5 Å².